The SMILES string of the molecule is COc1ccsc1C(=O)Nc1ccc(/C=C/C(=O)O)cc1. The highest BCUT2D eigenvalue weighted by Gasteiger charge is 2.13. The second kappa shape index (κ2) is 6.71. The molecule has 108 valence electrons. The van der Waals surface area contributed by atoms with Crippen LogP contribution in [0, 0.1) is 0 Å². The number of carboxylic acids is 1. The number of methoxy groups -OCH3 is 1. The first kappa shape index (κ1) is 14.8. The lowest BCUT2D eigenvalue weighted by Gasteiger charge is -2.05. The van der Waals surface area contributed by atoms with Crippen molar-refractivity contribution in [2.75, 3.05) is 12.4 Å². The first-order valence-corrected chi connectivity index (χ1v) is 6.92. The molecule has 0 saturated heterocycles. The van der Waals surface area contributed by atoms with Crippen molar-refractivity contribution >= 4 is 35.0 Å². The van der Waals surface area contributed by atoms with Gasteiger partial charge in [0, 0.05) is 11.8 Å². The molecule has 21 heavy (non-hydrogen) atoms. The number of thiophene rings is 1. The van der Waals surface area contributed by atoms with Crippen molar-refractivity contribution in [1.82, 2.24) is 0 Å². The lowest BCUT2D eigenvalue weighted by molar-refractivity contribution is -0.131. The quantitative estimate of drug-likeness (QED) is 0.832. The fraction of sp³-hybridized carbons (Fsp3) is 0.0667. The molecule has 2 N–H and O–H groups in total. The van der Waals surface area contributed by atoms with E-state index in [0.717, 1.165) is 11.6 Å². The molecule has 6 heteroatoms. The molecule has 1 amide bonds. The van der Waals surface area contributed by atoms with Crippen LogP contribution in [0.3, 0.4) is 0 Å². The smallest absolute Gasteiger partial charge is 0.328 e. The summed E-state index contributed by atoms with van der Waals surface area (Å²) in [4.78, 5) is 23.0. The maximum Gasteiger partial charge on any atom is 0.328 e. The van der Waals surface area contributed by atoms with E-state index in [9.17, 15) is 9.59 Å². The van der Waals surface area contributed by atoms with Crippen LogP contribution < -0.4 is 10.1 Å². The Bertz CT molecular complexity index is 673. The van der Waals surface area contributed by atoms with Crippen LogP contribution in [-0.2, 0) is 4.79 Å². The van der Waals surface area contributed by atoms with Crippen molar-refractivity contribution in [1.29, 1.82) is 0 Å². The monoisotopic (exact) mass is 303 g/mol. The summed E-state index contributed by atoms with van der Waals surface area (Å²) < 4.78 is 5.10. The normalized spacial score (nSPS) is 10.5. The van der Waals surface area contributed by atoms with Crippen LogP contribution in [0.15, 0.2) is 41.8 Å². The second-order valence-corrected chi connectivity index (χ2v) is 4.98. The average molecular weight is 303 g/mol. The van der Waals surface area contributed by atoms with E-state index in [1.165, 1.54) is 24.5 Å². The molecule has 0 atom stereocenters. The van der Waals surface area contributed by atoms with E-state index in [1.54, 1.807) is 35.7 Å². The summed E-state index contributed by atoms with van der Waals surface area (Å²) in [6.07, 6.45) is 2.54. The van der Waals surface area contributed by atoms with E-state index in [-0.39, 0.29) is 5.91 Å². The third-order valence-corrected chi connectivity index (χ3v) is 3.54. The summed E-state index contributed by atoms with van der Waals surface area (Å²) in [6, 6.07) is 8.60. The number of hydrogen-bond acceptors (Lipinski definition) is 4. The van der Waals surface area contributed by atoms with Crippen LogP contribution >= 0.6 is 11.3 Å². The fourth-order valence-corrected chi connectivity index (χ4v) is 2.41. The Hall–Kier alpha value is -2.60. The van der Waals surface area contributed by atoms with Crippen LogP contribution in [0.25, 0.3) is 6.08 Å². The zero-order valence-electron chi connectivity index (χ0n) is 11.2. The standard InChI is InChI=1S/C15H13NO4S/c1-20-12-8-9-21-14(12)15(19)16-11-5-2-10(3-6-11)4-7-13(17)18/h2-9H,1H3,(H,16,19)(H,17,18)/b7-4+. The predicted octanol–water partition coefficient (Wildman–Crippen LogP) is 3.11. The molecule has 0 aliphatic heterocycles. The van der Waals surface area contributed by atoms with Gasteiger partial charge in [-0.15, -0.1) is 11.3 Å². The molecular weight excluding hydrogens is 290 g/mol. The van der Waals surface area contributed by atoms with Gasteiger partial charge in [0.05, 0.1) is 7.11 Å². The number of carbonyl (C=O) groups excluding carboxylic acids is 1. The van der Waals surface area contributed by atoms with Crippen molar-refractivity contribution in [3.8, 4) is 5.75 Å². The molecule has 0 spiro atoms. The highest BCUT2D eigenvalue weighted by Crippen LogP contribution is 2.25. The number of carbonyl (C=O) groups is 2. The molecule has 0 aliphatic carbocycles. The number of ether oxygens (including phenoxy) is 1. The van der Waals surface area contributed by atoms with Crippen LogP contribution in [0.4, 0.5) is 5.69 Å². The van der Waals surface area contributed by atoms with Gasteiger partial charge in [-0.3, -0.25) is 4.79 Å². The van der Waals surface area contributed by atoms with Crippen LogP contribution in [-0.4, -0.2) is 24.1 Å². The number of carboxylic acid groups (broad SMARTS) is 1. The third-order valence-electron chi connectivity index (χ3n) is 2.64. The van der Waals surface area contributed by atoms with E-state index in [0.29, 0.717) is 16.3 Å². The van der Waals surface area contributed by atoms with E-state index in [1.807, 2.05) is 0 Å². The Morgan fingerprint density at radius 1 is 1.24 bits per heavy atom. The molecule has 0 aliphatic rings. The highest BCUT2D eigenvalue weighted by molar-refractivity contribution is 7.12. The fourth-order valence-electron chi connectivity index (χ4n) is 1.66. The molecule has 0 bridgehead atoms. The molecule has 2 rings (SSSR count). The Morgan fingerprint density at radius 3 is 2.57 bits per heavy atom. The van der Waals surface area contributed by atoms with E-state index in [4.69, 9.17) is 9.84 Å². The van der Waals surface area contributed by atoms with E-state index in [2.05, 4.69) is 5.32 Å². The average Bonchev–Trinajstić information content (AvgIpc) is 2.95. The minimum absolute atomic E-state index is 0.240. The summed E-state index contributed by atoms with van der Waals surface area (Å²) >= 11 is 1.30. The zero-order chi connectivity index (χ0) is 15.2. The number of nitrogens with one attached hydrogen (secondary N) is 1. The third kappa shape index (κ3) is 3.93. The minimum atomic E-state index is -1.00. The number of rotatable bonds is 5. The Balaban J connectivity index is 2.06. The molecule has 0 saturated carbocycles. The second-order valence-electron chi connectivity index (χ2n) is 4.07. The minimum Gasteiger partial charge on any atom is -0.495 e. The van der Waals surface area contributed by atoms with Crippen molar-refractivity contribution in [2.24, 2.45) is 0 Å². The largest absolute Gasteiger partial charge is 0.495 e. The van der Waals surface area contributed by atoms with Gasteiger partial charge >= 0.3 is 5.97 Å². The lowest BCUT2D eigenvalue weighted by Crippen LogP contribution is -2.11. The van der Waals surface area contributed by atoms with Gasteiger partial charge in [0.2, 0.25) is 0 Å². The molecule has 0 unspecified atom stereocenters. The molecular formula is C15H13NO4S. The van der Waals surface area contributed by atoms with Crippen molar-refractivity contribution in [2.45, 2.75) is 0 Å². The van der Waals surface area contributed by atoms with Gasteiger partial charge in [-0.05, 0) is 35.2 Å². The Labute approximate surface area is 125 Å². The number of aliphatic carboxylic acids is 1. The molecule has 1 aromatic heterocycles. The first-order chi connectivity index (χ1) is 10.1. The molecule has 5 nitrogen and oxygen atoms in total. The summed E-state index contributed by atoms with van der Waals surface area (Å²) in [7, 11) is 1.52. The predicted molar refractivity (Wildman–Crippen MR) is 81.9 cm³/mol. The van der Waals surface area contributed by atoms with E-state index < -0.39 is 5.97 Å². The van der Waals surface area contributed by atoms with Gasteiger partial charge in [0.25, 0.3) is 5.91 Å². The lowest BCUT2D eigenvalue weighted by atomic mass is 10.2. The molecule has 1 heterocycles. The van der Waals surface area contributed by atoms with Crippen molar-refractivity contribution in [3.05, 3.63) is 52.2 Å². The Kier molecular flexibility index (Phi) is 4.73. The maximum atomic E-state index is 12.1. The number of amides is 1. The van der Waals surface area contributed by atoms with Gasteiger partial charge in [-0.25, -0.2) is 4.79 Å². The maximum absolute atomic E-state index is 12.1. The van der Waals surface area contributed by atoms with Gasteiger partial charge in [0.1, 0.15) is 10.6 Å². The summed E-state index contributed by atoms with van der Waals surface area (Å²) in [5.74, 6) is -0.702. The van der Waals surface area contributed by atoms with Gasteiger partial charge in [-0.2, -0.15) is 0 Å². The summed E-state index contributed by atoms with van der Waals surface area (Å²) in [6.45, 7) is 0. The first-order valence-electron chi connectivity index (χ1n) is 6.04. The number of anilines is 1. The van der Waals surface area contributed by atoms with Crippen LogP contribution in [0.1, 0.15) is 15.2 Å². The number of benzene rings is 1. The van der Waals surface area contributed by atoms with Gasteiger partial charge in [0.15, 0.2) is 0 Å². The van der Waals surface area contributed by atoms with Gasteiger partial charge < -0.3 is 15.2 Å². The molecule has 0 fully saturated rings. The highest BCUT2D eigenvalue weighted by atomic mass is 32.1. The van der Waals surface area contributed by atoms with Crippen molar-refractivity contribution in [3.63, 3.8) is 0 Å². The summed E-state index contributed by atoms with van der Waals surface area (Å²) in [5, 5.41) is 13.1. The van der Waals surface area contributed by atoms with Crippen LogP contribution in [0.2, 0.25) is 0 Å². The van der Waals surface area contributed by atoms with Crippen molar-refractivity contribution < 1.29 is 19.4 Å². The molecule has 0 radical (unpaired) electrons. The molecule has 2 aromatic rings. The Morgan fingerprint density at radius 2 is 1.95 bits per heavy atom. The summed E-state index contributed by atoms with van der Waals surface area (Å²) in [5.41, 5.74) is 1.37. The van der Waals surface area contributed by atoms with Gasteiger partial charge in [-0.1, -0.05) is 12.1 Å². The number of hydrogen-bond donors (Lipinski definition) is 2. The molecule has 1 aromatic carbocycles. The zero-order valence-corrected chi connectivity index (χ0v) is 12.0. The topological polar surface area (TPSA) is 75.6 Å². The van der Waals surface area contributed by atoms with Crippen LogP contribution in [0.5, 0.6) is 5.75 Å². The van der Waals surface area contributed by atoms with E-state index >= 15 is 0 Å².